The number of methoxy groups -OCH3 is 1. The van der Waals surface area contributed by atoms with Crippen LogP contribution in [0.15, 0.2) is 59.0 Å². The van der Waals surface area contributed by atoms with Crippen LogP contribution in [0.1, 0.15) is 32.2 Å². The number of aromatic nitrogens is 1. The lowest BCUT2D eigenvalue weighted by molar-refractivity contribution is -0.124. The van der Waals surface area contributed by atoms with Crippen LogP contribution in [0, 0.1) is 6.92 Å². The van der Waals surface area contributed by atoms with Gasteiger partial charge in [0, 0.05) is 12.1 Å². The van der Waals surface area contributed by atoms with Gasteiger partial charge in [-0.25, -0.2) is 14.6 Å². The number of ether oxygens (including phenoxy) is 2. The van der Waals surface area contributed by atoms with E-state index in [1.54, 1.807) is 31.2 Å². The van der Waals surface area contributed by atoms with Crippen molar-refractivity contribution in [2.24, 2.45) is 0 Å². The molecule has 1 amide bonds. The molecule has 0 aliphatic heterocycles. The zero-order valence-corrected chi connectivity index (χ0v) is 16.5. The third kappa shape index (κ3) is 5.11. The fourth-order valence-corrected chi connectivity index (χ4v) is 2.62. The average Bonchev–Trinajstić information content (AvgIpc) is 3.18. The van der Waals surface area contributed by atoms with Crippen molar-refractivity contribution in [1.29, 1.82) is 0 Å². The minimum atomic E-state index is -0.740. The molecular weight excluding hydrogens is 388 g/mol. The number of hydrogen-bond acceptors (Lipinski definition) is 7. The molecule has 3 aromatic rings. The third-order valence-corrected chi connectivity index (χ3v) is 4.21. The number of hydrogen-bond donors (Lipinski definition) is 1. The normalized spacial score (nSPS) is 10.3. The molecule has 0 saturated carbocycles. The molecule has 1 heterocycles. The Hall–Kier alpha value is -3.94. The minimum absolute atomic E-state index is 0.0278. The molecule has 0 fully saturated rings. The standard InChI is InChI=1S/C22H20N2O6/c1-14-19(24-20(30-14)16-6-4-3-5-7-16)22(27)29-13-18(25)23-12-15-8-10-17(11-9-15)21(26)28-2/h3-11H,12-13H2,1-2H3,(H,23,25). The predicted octanol–water partition coefficient (Wildman–Crippen LogP) is 2.91. The number of oxazole rings is 1. The Bertz CT molecular complexity index is 1040. The molecule has 8 heteroatoms. The van der Waals surface area contributed by atoms with E-state index in [1.165, 1.54) is 7.11 Å². The van der Waals surface area contributed by atoms with E-state index >= 15 is 0 Å². The van der Waals surface area contributed by atoms with E-state index in [1.807, 2.05) is 30.3 Å². The second kappa shape index (κ2) is 9.51. The summed E-state index contributed by atoms with van der Waals surface area (Å²) in [5.41, 5.74) is 1.96. The van der Waals surface area contributed by atoms with Crippen LogP contribution in [0.5, 0.6) is 0 Å². The Kier molecular flexibility index (Phi) is 6.59. The third-order valence-electron chi connectivity index (χ3n) is 4.21. The summed E-state index contributed by atoms with van der Waals surface area (Å²) in [6, 6.07) is 15.7. The number of carbonyl (C=O) groups excluding carboxylic acids is 3. The SMILES string of the molecule is COC(=O)c1ccc(CNC(=O)COC(=O)c2nc(-c3ccccc3)oc2C)cc1. The van der Waals surface area contributed by atoms with Crippen LogP contribution in [0.3, 0.4) is 0 Å². The van der Waals surface area contributed by atoms with Crippen molar-refractivity contribution in [3.63, 3.8) is 0 Å². The Morgan fingerprint density at radius 3 is 2.37 bits per heavy atom. The molecule has 0 aliphatic rings. The summed E-state index contributed by atoms with van der Waals surface area (Å²) in [5.74, 6) is -1.03. The highest BCUT2D eigenvalue weighted by molar-refractivity contribution is 5.91. The Morgan fingerprint density at radius 2 is 1.70 bits per heavy atom. The Balaban J connectivity index is 1.51. The van der Waals surface area contributed by atoms with Crippen molar-refractivity contribution in [3.8, 4) is 11.5 Å². The highest BCUT2D eigenvalue weighted by Crippen LogP contribution is 2.21. The number of carbonyl (C=O) groups is 3. The number of esters is 2. The minimum Gasteiger partial charge on any atom is -0.465 e. The first-order valence-electron chi connectivity index (χ1n) is 9.12. The summed E-state index contributed by atoms with van der Waals surface area (Å²) in [5, 5.41) is 2.64. The van der Waals surface area contributed by atoms with E-state index in [0.29, 0.717) is 17.2 Å². The Morgan fingerprint density at radius 1 is 1.00 bits per heavy atom. The van der Waals surface area contributed by atoms with Gasteiger partial charge >= 0.3 is 11.9 Å². The Labute approximate surface area is 172 Å². The van der Waals surface area contributed by atoms with E-state index in [-0.39, 0.29) is 12.2 Å². The van der Waals surface area contributed by atoms with E-state index in [9.17, 15) is 14.4 Å². The predicted molar refractivity (Wildman–Crippen MR) is 107 cm³/mol. The lowest BCUT2D eigenvalue weighted by atomic mass is 10.1. The van der Waals surface area contributed by atoms with Crippen LogP contribution in [0.4, 0.5) is 0 Å². The number of aryl methyl sites for hydroxylation is 1. The lowest BCUT2D eigenvalue weighted by Gasteiger charge is -2.07. The topological polar surface area (TPSA) is 108 Å². The van der Waals surface area contributed by atoms with E-state index in [4.69, 9.17) is 9.15 Å². The molecule has 0 aliphatic carbocycles. The van der Waals surface area contributed by atoms with E-state index in [2.05, 4.69) is 15.0 Å². The van der Waals surface area contributed by atoms with Crippen LogP contribution >= 0.6 is 0 Å². The van der Waals surface area contributed by atoms with Crippen molar-refractivity contribution in [1.82, 2.24) is 10.3 Å². The molecule has 3 rings (SSSR count). The number of amides is 1. The summed E-state index contributed by atoms with van der Waals surface area (Å²) in [7, 11) is 1.31. The summed E-state index contributed by atoms with van der Waals surface area (Å²) >= 11 is 0. The first-order valence-corrected chi connectivity index (χ1v) is 9.12. The molecule has 2 aromatic carbocycles. The molecular formula is C22H20N2O6. The molecule has 1 aromatic heterocycles. The smallest absolute Gasteiger partial charge is 0.361 e. The van der Waals surface area contributed by atoms with Gasteiger partial charge in [-0.1, -0.05) is 30.3 Å². The monoisotopic (exact) mass is 408 g/mol. The van der Waals surface area contributed by atoms with Gasteiger partial charge in [-0.2, -0.15) is 0 Å². The van der Waals surface area contributed by atoms with Gasteiger partial charge in [0.1, 0.15) is 5.76 Å². The van der Waals surface area contributed by atoms with Gasteiger partial charge in [-0.05, 0) is 36.8 Å². The second-order valence-electron chi connectivity index (χ2n) is 6.33. The molecule has 1 N–H and O–H groups in total. The van der Waals surface area contributed by atoms with Crippen molar-refractivity contribution in [3.05, 3.63) is 77.2 Å². The highest BCUT2D eigenvalue weighted by atomic mass is 16.5. The van der Waals surface area contributed by atoms with Crippen LogP contribution < -0.4 is 5.32 Å². The first kappa shape index (κ1) is 20.8. The zero-order chi connectivity index (χ0) is 21.5. The fraction of sp³-hybridized carbons (Fsp3) is 0.182. The molecule has 8 nitrogen and oxygen atoms in total. The van der Waals surface area contributed by atoms with Crippen molar-refractivity contribution >= 4 is 17.8 Å². The fourth-order valence-electron chi connectivity index (χ4n) is 2.62. The highest BCUT2D eigenvalue weighted by Gasteiger charge is 2.20. The summed E-state index contributed by atoms with van der Waals surface area (Å²) < 4.78 is 15.2. The molecule has 154 valence electrons. The summed E-state index contributed by atoms with van der Waals surface area (Å²) in [6.07, 6.45) is 0. The van der Waals surface area contributed by atoms with Gasteiger partial charge in [-0.3, -0.25) is 4.79 Å². The van der Waals surface area contributed by atoms with Crippen LogP contribution in [-0.2, 0) is 20.8 Å². The van der Waals surface area contributed by atoms with Crippen molar-refractivity contribution < 1.29 is 28.3 Å². The van der Waals surface area contributed by atoms with Gasteiger partial charge < -0.3 is 19.2 Å². The van der Waals surface area contributed by atoms with Gasteiger partial charge in [0.05, 0.1) is 12.7 Å². The van der Waals surface area contributed by atoms with E-state index in [0.717, 1.165) is 11.1 Å². The largest absolute Gasteiger partial charge is 0.465 e. The molecule has 0 unspecified atom stereocenters. The lowest BCUT2D eigenvalue weighted by Crippen LogP contribution is -2.28. The number of nitrogens with one attached hydrogen (secondary N) is 1. The molecule has 0 radical (unpaired) electrons. The van der Waals surface area contributed by atoms with Crippen LogP contribution in [0.2, 0.25) is 0 Å². The van der Waals surface area contributed by atoms with Crippen molar-refractivity contribution in [2.45, 2.75) is 13.5 Å². The maximum Gasteiger partial charge on any atom is 0.361 e. The molecule has 0 spiro atoms. The maximum atomic E-state index is 12.3. The van der Waals surface area contributed by atoms with Gasteiger partial charge in [0.25, 0.3) is 5.91 Å². The van der Waals surface area contributed by atoms with E-state index < -0.39 is 24.5 Å². The van der Waals surface area contributed by atoms with Crippen LogP contribution in [-0.4, -0.2) is 36.5 Å². The molecule has 0 saturated heterocycles. The maximum absolute atomic E-state index is 12.3. The van der Waals surface area contributed by atoms with Crippen LogP contribution in [0.25, 0.3) is 11.5 Å². The van der Waals surface area contributed by atoms with Crippen molar-refractivity contribution in [2.75, 3.05) is 13.7 Å². The average molecular weight is 408 g/mol. The summed E-state index contributed by atoms with van der Waals surface area (Å²) in [6.45, 7) is 1.37. The van der Waals surface area contributed by atoms with Gasteiger partial charge in [0.15, 0.2) is 12.3 Å². The number of nitrogens with zero attached hydrogens (tertiary/aromatic N) is 1. The molecule has 30 heavy (non-hydrogen) atoms. The molecule has 0 bridgehead atoms. The van der Waals surface area contributed by atoms with Gasteiger partial charge in [0.2, 0.25) is 5.89 Å². The molecule has 0 atom stereocenters. The zero-order valence-electron chi connectivity index (χ0n) is 16.5. The first-order chi connectivity index (χ1) is 14.5. The number of benzene rings is 2. The van der Waals surface area contributed by atoms with Gasteiger partial charge in [-0.15, -0.1) is 0 Å². The second-order valence-corrected chi connectivity index (χ2v) is 6.33. The summed E-state index contributed by atoms with van der Waals surface area (Å²) in [4.78, 5) is 39.8. The number of rotatable bonds is 7. The quantitative estimate of drug-likeness (QED) is 0.599.